The van der Waals surface area contributed by atoms with Crippen LogP contribution in [0.15, 0.2) is 18.2 Å². The largest absolute Gasteiger partial charge is 0.322 e. The number of anilines is 1. The first kappa shape index (κ1) is 14.1. The van der Waals surface area contributed by atoms with Crippen molar-refractivity contribution in [2.75, 3.05) is 18.4 Å². The third-order valence-corrected chi connectivity index (χ3v) is 4.61. The normalized spacial score (nSPS) is 26.2. The molecule has 6 nitrogen and oxygen atoms in total. The maximum absolute atomic E-state index is 13.5. The van der Waals surface area contributed by atoms with Gasteiger partial charge in [0, 0.05) is 13.1 Å². The number of likely N-dealkylation sites (tertiary alicyclic amines) is 2. The molecule has 1 aromatic rings. The van der Waals surface area contributed by atoms with E-state index in [-0.39, 0.29) is 42.8 Å². The van der Waals surface area contributed by atoms with Crippen molar-refractivity contribution in [2.24, 2.45) is 11.8 Å². The summed E-state index contributed by atoms with van der Waals surface area (Å²) in [6, 6.07) is 2.31. The van der Waals surface area contributed by atoms with Gasteiger partial charge in [-0.3, -0.25) is 14.5 Å². The van der Waals surface area contributed by atoms with E-state index in [1.807, 2.05) is 0 Å². The van der Waals surface area contributed by atoms with Gasteiger partial charge in [0.2, 0.25) is 11.8 Å². The Morgan fingerprint density at radius 2 is 1.65 bits per heavy atom. The number of hydrogen-bond acceptors (Lipinski definition) is 3. The summed E-state index contributed by atoms with van der Waals surface area (Å²) in [7, 11) is 0. The highest BCUT2D eigenvalue weighted by Gasteiger charge is 2.61. The topological polar surface area (TPSA) is 69.7 Å². The summed E-state index contributed by atoms with van der Waals surface area (Å²) < 4.78 is 27.0. The highest BCUT2D eigenvalue weighted by atomic mass is 19.1. The van der Waals surface area contributed by atoms with Gasteiger partial charge in [-0.15, -0.1) is 0 Å². The summed E-state index contributed by atoms with van der Waals surface area (Å²) in [6.45, 7) is 0.359. The van der Waals surface area contributed by atoms with Crippen LogP contribution in [0, 0.1) is 23.5 Å². The molecule has 2 unspecified atom stereocenters. The van der Waals surface area contributed by atoms with Crippen LogP contribution in [0.25, 0.3) is 0 Å². The number of nitrogens with one attached hydrogen (secondary N) is 1. The van der Waals surface area contributed by atoms with E-state index in [4.69, 9.17) is 0 Å². The second-order valence-corrected chi connectivity index (χ2v) is 6.08. The molecule has 23 heavy (non-hydrogen) atoms. The average molecular weight is 321 g/mol. The first-order valence-corrected chi connectivity index (χ1v) is 7.34. The number of carbonyl (C=O) groups is 3. The molecular weight excluding hydrogens is 308 g/mol. The van der Waals surface area contributed by atoms with Crippen molar-refractivity contribution >= 4 is 23.5 Å². The van der Waals surface area contributed by atoms with Crippen LogP contribution in [0.2, 0.25) is 0 Å². The molecule has 2 aliphatic heterocycles. The zero-order valence-electron chi connectivity index (χ0n) is 12.0. The zero-order valence-corrected chi connectivity index (χ0v) is 12.0. The smallest absolute Gasteiger partial charge is 0.320 e. The number of hydrogen-bond donors (Lipinski definition) is 1. The maximum atomic E-state index is 13.5. The fourth-order valence-electron chi connectivity index (χ4n) is 3.15. The van der Waals surface area contributed by atoms with Gasteiger partial charge < -0.3 is 10.2 Å². The highest BCUT2D eigenvalue weighted by molar-refractivity contribution is 6.09. The van der Waals surface area contributed by atoms with Crippen molar-refractivity contribution in [1.29, 1.82) is 0 Å². The Morgan fingerprint density at radius 1 is 1.09 bits per heavy atom. The van der Waals surface area contributed by atoms with E-state index in [0.29, 0.717) is 6.42 Å². The van der Waals surface area contributed by atoms with Gasteiger partial charge in [0.25, 0.3) is 0 Å². The lowest BCUT2D eigenvalue weighted by molar-refractivity contribution is -0.147. The minimum absolute atomic E-state index is 0.162. The minimum Gasteiger partial charge on any atom is -0.320 e. The van der Waals surface area contributed by atoms with E-state index in [9.17, 15) is 23.2 Å². The number of fused-ring (bicyclic) bond motifs is 1. The number of imide groups is 1. The number of urea groups is 1. The molecule has 1 aliphatic carbocycles. The summed E-state index contributed by atoms with van der Waals surface area (Å²) in [5.74, 6) is -2.38. The van der Waals surface area contributed by atoms with Crippen LogP contribution in [0.4, 0.5) is 19.3 Å². The monoisotopic (exact) mass is 321 g/mol. The fourth-order valence-corrected chi connectivity index (χ4v) is 3.15. The molecule has 3 fully saturated rings. The van der Waals surface area contributed by atoms with E-state index in [1.54, 1.807) is 0 Å². The van der Waals surface area contributed by atoms with Gasteiger partial charge in [0.05, 0.1) is 17.9 Å². The Morgan fingerprint density at radius 3 is 2.22 bits per heavy atom. The Balaban J connectivity index is 1.38. The van der Waals surface area contributed by atoms with Gasteiger partial charge >= 0.3 is 6.03 Å². The lowest BCUT2D eigenvalue weighted by Crippen LogP contribution is -2.63. The Kier molecular flexibility index (Phi) is 2.91. The Labute approximate surface area is 130 Å². The summed E-state index contributed by atoms with van der Waals surface area (Å²) in [5.41, 5.74) is -0.504. The molecule has 1 N–H and O–H groups in total. The van der Waals surface area contributed by atoms with E-state index in [0.717, 1.165) is 12.1 Å². The summed E-state index contributed by atoms with van der Waals surface area (Å²) in [6.07, 6.45) is 0.637. The molecule has 2 saturated heterocycles. The van der Waals surface area contributed by atoms with E-state index in [1.165, 1.54) is 15.9 Å². The van der Waals surface area contributed by atoms with Crippen molar-refractivity contribution in [2.45, 2.75) is 12.5 Å². The second-order valence-electron chi connectivity index (χ2n) is 6.08. The number of halogens is 2. The third kappa shape index (κ3) is 2.08. The molecule has 0 radical (unpaired) electrons. The van der Waals surface area contributed by atoms with Gasteiger partial charge in [-0.25, -0.2) is 13.6 Å². The van der Waals surface area contributed by atoms with Crippen LogP contribution in [-0.4, -0.2) is 46.8 Å². The molecule has 2 heterocycles. The number of carbonyl (C=O) groups excluding carboxylic acids is 3. The quantitative estimate of drug-likeness (QED) is 0.832. The first-order valence-electron chi connectivity index (χ1n) is 7.34. The van der Waals surface area contributed by atoms with E-state index in [2.05, 4.69) is 5.32 Å². The number of benzene rings is 1. The molecule has 8 heteroatoms. The van der Waals surface area contributed by atoms with Crippen LogP contribution >= 0.6 is 0 Å². The molecule has 4 amide bonds. The van der Waals surface area contributed by atoms with Gasteiger partial charge in [-0.1, -0.05) is 6.07 Å². The van der Waals surface area contributed by atoms with Crippen molar-refractivity contribution < 1.29 is 23.2 Å². The predicted octanol–water partition coefficient (Wildman–Crippen LogP) is 1.19. The minimum atomic E-state index is -0.861. The number of rotatable bonds is 2. The lowest BCUT2D eigenvalue weighted by Gasteiger charge is -2.43. The zero-order chi connectivity index (χ0) is 16.3. The first-order chi connectivity index (χ1) is 11.0. The molecule has 2 atom stereocenters. The molecule has 1 aromatic carbocycles. The SMILES string of the molecule is O=C(Nc1c(F)cccc1F)N1CC(N2C(=O)C3CC3C2=O)C1. The number of nitrogens with zero attached hydrogens (tertiary/aromatic N) is 2. The Hall–Kier alpha value is -2.51. The van der Waals surface area contributed by atoms with Gasteiger partial charge in [-0.2, -0.15) is 0 Å². The van der Waals surface area contributed by atoms with Gasteiger partial charge in [0.1, 0.15) is 17.3 Å². The average Bonchev–Trinajstić information content (AvgIpc) is 3.21. The van der Waals surface area contributed by atoms with Crippen LogP contribution in [0.3, 0.4) is 0 Å². The van der Waals surface area contributed by atoms with E-state index < -0.39 is 23.4 Å². The van der Waals surface area contributed by atoms with Gasteiger partial charge in [-0.05, 0) is 18.6 Å². The number of para-hydroxylation sites is 1. The molecule has 1 saturated carbocycles. The summed E-state index contributed by atoms with van der Waals surface area (Å²) in [5, 5.41) is 2.18. The third-order valence-electron chi connectivity index (χ3n) is 4.61. The van der Waals surface area contributed by atoms with Crippen LogP contribution < -0.4 is 5.32 Å². The van der Waals surface area contributed by atoms with Crippen LogP contribution in [0.1, 0.15) is 6.42 Å². The summed E-state index contributed by atoms with van der Waals surface area (Å²) >= 11 is 0. The van der Waals surface area contributed by atoms with Crippen molar-refractivity contribution in [3.8, 4) is 0 Å². The standard InChI is InChI=1S/C15H13F2N3O3/c16-10-2-1-3-11(17)12(10)18-15(23)19-5-7(6-19)20-13(21)8-4-9(8)14(20)22/h1-3,7-9H,4-6H2,(H,18,23). The Bertz CT molecular complexity index is 692. The van der Waals surface area contributed by atoms with Crippen LogP contribution in [0.5, 0.6) is 0 Å². The second kappa shape index (κ2) is 4.74. The number of piperidine rings is 1. The van der Waals surface area contributed by atoms with Crippen molar-refractivity contribution in [3.63, 3.8) is 0 Å². The molecule has 3 aliphatic rings. The fraction of sp³-hybridized carbons (Fsp3) is 0.400. The molecule has 0 aromatic heterocycles. The van der Waals surface area contributed by atoms with Gasteiger partial charge in [0.15, 0.2) is 0 Å². The van der Waals surface area contributed by atoms with Crippen molar-refractivity contribution in [1.82, 2.24) is 9.80 Å². The molecule has 4 rings (SSSR count). The maximum Gasteiger partial charge on any atom is 0.322 e. The molecular formula is C15H13F2N3O3. The number of amides is 4. The molecule has 0 bridgehead atoms. The lowest BCUT2D eigenvalue weighted by atomic mass is 10.1. The van der Waals surface area contributed by atoms with E-state index >= 15 is 0 Å². The summed E-state index contributed by atoms with van der Waals surface area (Å²) in [4.78, 5) is 38.4. The highest BCUT2D eigenvalue weighted by Crippen LogP contribution is 2.48. The molecule has 0 spiro atoms. The molecule has 120 valence electrons. The predicted molar refractivity (Wildman–Crippen MR) is 74.2 cm³/mol. The van der Waals surface area contributed by atoms with Crippen molar-refractivity contribution in [3.05, 3.63) is 29.8 Å². The van der Waals surface area contributed by atoms with Crippen LogP contribution in [-0.2, 0) is 9.59 Å².